The number of benzene rings is 1. The Balaban J connectivity index is 2.49. The molecule has 1 aromatic rings. The van der Waals surface area contributed by atoms with Gasteiger partial charge in [-0.3, -0.25) is 19.2 Å². The van der Waals surface area contributed by atoms with E-state index in [0.717, 1.165) is 25.6 Å². The van der Waals surface area contributed by atoms with Crippen LogP contribution in [0.5, 0.6) is 0 Å². The number of ether oxygens (including phenoxy) is 5. The first-order valence-electron chi connectivity index (χ1n) is 9.40. The van der Waals surface area contributed by atoms with Crippen LogP contribution in [0.4, 0.5) is 0 Å². The second-order valence-electron chi connectivity index (χ2n) is 6.76. The molecule has 0 aliphatic carbocycles. The molecule has 1 heterocycles. The highest BCUT2D eigenvalue weighted by molar-refractivity contribution is 8.00. The molecule has 176 valence electrons. The SMILES string of the molecule is CC(=O)OC[C@H]1O[C@@H](Sc2cc(Cl)ccc2Cl)[C@H](OC(C)=O)[C@@H](OC(C)=O)[C@@H]1OC(C)=O. The molecule has 0 unspecified atom stereocenters. The Hall–Kier alpha value is -2.01. The van der Waals surface area contributed by atoms with Crippen molar-refractivity contribution in [1.29, 1.82) is 0 Å². The number of esters is 4. The second-order valence-corrected chi connectivity index (χ2v) is 8.74. The average molecular weight is 509 g/mol. The number of thioether (sulfide) groups is 1. The predicted octanol–water partition coefficient (Wildman–Crippen LogP) is 3.17. The van der Waals surface area contributed by atoms with E-state index in [1.807, 2.05) is 0 Å². The van der Waals surface area contributed by atoms with Crippen molar-refractivity contribution in [3.63, 3.8) is 0 Å². The van der Waals surface area contributed by atoms with E-state index in [-0.39, 0.29) is 6.61 Å². The number of carbonyl (C=O) groups excluding carboxylic acids is 4. The van der Waals surface area contributed by atoms with Gasteiger partial charge in [-0.1, -0.05) is 35.0 Å². The third kappa shape index (κ3) is 7.54. The van der Waals surface area contributed by atoms with Gasteiger partial charge in [-0.25, -0.2) is 0 Å². The molecular formula is C20H22Cl2O9S. The van der Waals surface area contributed by atoms with Crippen LogP contribution < -0.4 is 0 Å². The van der Waals surface area contributed by atoms with Gasteiger partial charge in [0.15, 0.2) is 18.3 Å². The minimum atomic E-state index is -1.25. The molecule has 0 aromatic heterocycles. The van der Waals surface area contributed by atoms with Gasteiger partial charge in [-0.15, -0.1) is 0 Å². The molecule has 0 saturated carbocycles. The summed E-state index contributed by atoms with van der Waals surface area (Å²) in [6, 6.07) is 4.77. The topological polar surface area (TPSA) is 114 Å². The third-order valence-corrected chi connectivity index (χ3v) is 5.96. The lowest BCUT2D eigenvalue weighted by molar-refractivity contribution is -0.237. The monoisotopic (exact) mass is 508 g/mol. The Labute approximate surface area is 198 Å². The second kappa shape index (κ2) is 11.7. The lowest BCUT2D eigenvalue weighted by atomic mass is 9.99. The van der Waals surface area contributed by atoms with E-state index in [2.05, 4.69) is 0 Å². The van der Waals surface area contributed by atoms with Crippen molar-refractivity contribution in [3.05, 3.63) is 28.2 Å². The normalized spacial score (nSPS) is 24.9. The number of carbonyl (C=O) groups is 4. The molecule has 1 aliphatic heterocycles. The molecule has 32 heavy (non-hydrogen) atoms. The van der Waals surface area contributed by atoms with Gasteiger partial charge >= 0.3 is 23.9 Å². The van der Waals surface area contributed by atoms with Gasteiger partial charge in [-0.2, -0.15) is 0 Å². The summed E-state index contributed by atoms with van der Waals surface area (Å²) in [5, 5.41) is 0.759. The van der Waals surface area contributed by atoms with Crippen molar-refractivity contribution in [2.75, 3.05) is 6.61 Å². The van der Waals surface area contributed by atoms with E-state index in [4.69, 9.17) is 46.9 Å². The molecule has 1 saturated heterocycles. The maximum Gasteiger partial charge on any atom is 0.303 e. The van der Waals surface area contributed by atoms with Crippen LogP contribution in [-0.2, 0) is 42.9 Å². The summed E-state index contributed by atoms with van der Waals surface area (Å²) < 4.78 is 27.2. The third-order valence-electron chi connectivity index (χ3n) is 4.08. The largest absolute Gasteiger partial charge is 0.463 e. The molecule has 0 spiro atoms. The van der Waals surface area contributed by atoms with Gasteiger partial charge in [0.25, 0.3) is 0 Å². The van der Waals surface area contributed by atoms with Crippen LogP contribution in [0.25, 0.3) is 0 Å². The number of halogens is 2. The van der Waals surface area contributed by atoms with Crippen LogP contribution in [0.15, 0.2) is 23.1 Å². The van der Waals surface area contributed by atoms with E-state index < -0.39 is 53.7 Å². The summed E-state index contributed by atoms with van der Waals surface area (Å²) in [5.41, 5.74) is -0.980. The lowest BCUT2D eigenvalue weighted by Gasteiger charge is -2.44. The number of rotatable bonds is 7. The van der Waals surface area contributed by atoms with E-state index in [1.165, 1.54) is 13.8 Å². The molecule has 0 radical (unpaired) electrons. The van der Waals surface area contributed by atoms with E-state index >= 15 is 0 Å². The van der Waals surface area contributed by atoms with Crippen molar-refractivity contribution in [2.45, 2.75) is 62.4 Å². The van der Waals surface area contributed by atoms with Crippen molar-refractivity contribution in [2.24, 2.45) is 0 Å². The fourth-order valence-corrected chi connectivity index (χ4v) is 4.63. The Kier molecular flexibility index (Phi) is 9.63. The zero-order valence-electron chi connectivity index (χ0n) is 17.7. The van der Waals surface area contributed by atoms with Gasteiger partial charge in [0.05, 0.1) is 5.02 Å². The first-order valence-corrected chi connectivity index (χ1v) is 11.0. The maximum absolute atomic E-state index is 11.8. The molecule has 12 heteroatoms. The van der Waals surface area contributed by atoms with Crippen LogP contribution >= 0.6 is 35.0 Å². The minimum absolute atomic E-state index is 0.307. The highest BCUT2D eigenvalue weighted by Crippen LogP contribution is 2.40. The van der Waals surface area contributed by atoms with Gasteiger partial charge < -0.3 is 23.7 Å². The Morgan fingerprint density at radius 1 is 0.875 bits per heavy atom. The van der Waals surface area contributed by atoms with E-state index in [9.17, 15) is 19.2 Å². The highest BCUT2D eigenvalue weighted by atomic mass is 35.5. The molecule has 0 N–H and O–H groups in total. The van der Waals surface area contributed by atoms with Gasteiger partial charge in [0.1, 0.15) is 18.1 Å². The summed E-state index contributed by atoms with van der Waals surface area (Å²) >= 11 is 13.4. The zero-order chi connectivity index (χ0) is 24.0. The van der Waals surface area contributed by atoms with Crippen molar-refractivity contribution in [1.82, 2.24) is 0 Å². The Morgan fingerprint density at radius 2 is 1.44 bits per heavy atom. The predicted molar refractivity (Wildman–Crippen MR) is 114 cm³/mol. The Bertz CT molecular complexity index is 879. The van der Waals surface area contributed by atoms with E-state index in [0.29, 0.717) is 14.9 Å². The lowest BCUT2D eigenvalue weighted by Crippen LogP contribution is -2.61. The van der Waals surface area contributed by atoms with Crippen LogP contribution in [0.2, 0.25) is 10.0 Å². The van der Waals surface area contributed by atoms with Crippen molar-refractivity contribution in [3.8, 4) is 0 Å². The summed E-state index contributed by atoms with van der Waals surface area (Å²) in [6.07, 6.45) is -4.68. The maximum atomic E-state index is 11.8. The number of hydrogen-bond acceptors (Lipinski definition) is 10. The van der Waals surface area contributed by atoms with Gasteiger partial charge in [0, 0.05) is 37.6 Å². The fourth-order valence-electron chi connectivity index (χ4n) is 2.98. The van der Waals surface area contributed by atoms with Crippen LogP contribution in [-0.4, -0.2) is 60.3 Å². The van der Waals surface area contributed by atoms with Crippen LogP contribution in [0.3, 0.4) is 0 Å². The van der Waals surface area contributed by atoms with Gasteiger partial charge in [0.2, 0.25) is 0 Å². The summed E-state index contributed by atoms with van der Waals surface area (Å²) in [6.45, 7) is 4.37. The smallest absolute Gasteiger partial charge is 0.303 e. The quantitative estimate of drug-likeness (QED) is 0.401. The summed E-state index contributed by atoms with van der Waals surface area (Å²) in [5.74, 6) is -2.68. The summed E-state index contributed by atoms with van der Waals surface area (Å²) in [4.78, 5) is 47.3. The minimum Gasteiger partial charge on any atom is -0.463 e. The van der Waals surface area contributed by atoms with Crippen LogP contribution in [0, 0.1) is 0 Å². The molecule has 0 amide bonds. The number of hydrogen-bond donors (Lipinski definition) is 0. The van der Waals surface area contributed by atoms with E-state index in [1.54, 1.807) is 18.2 Å². The zero-order valence-corrected chi connectivity index (χ0v) is 20.0. The standard InChI is InChI=1S/C20H22Cl2O9S/c1-9(23)27-8-15-17(28-10(2)24)18(29-11(3)25)19(30-12(4)26)20(31-15)32-16-7-13(21)5-6-14(16)22/h5-7,15,17-20H,8H2,1-4H3/t15-,17-,18+,19-,20+/m1/s1. The molecule has 0 bridgehead atoms. The highest BCUT2D eigenvalue weighted by Gasteiger charge is 2.52. The fraction of sp³-hybridized carbons (Fsp3) is 0.500. The molecule has 2 rings (SSSR count). The van der Waals surface area contributed by atoms with Crippen molar-refractivity contribution >= 4 is 58.8 Å². The molecular weight excluding hydrogens is 487 g/mol. The molecule has 1 aliphatic rings. The summed E-state index contributed by atoms with van der Waals surface area (Å²) in [7, 11) is 0. The average Bonchev–Trinajstić information content (AvgIpc) is 2.66. The first-order chi connectivity index (χ1) is 15.0. The Morgan fingerprint density at radius 3 is 2.00 bits per heavy atom. The molecule has 9 nitrogen and oxygen atoms in total. The van der Waals surface area contributed by atoms with Gasteiger partial charge in [-0.05, 0) is 18.2 Å². The molecule has 1 aromatic carbocycles. The van der Waals surface area contributed by atoms with Crippen molar-refractivity contribution < 1.29 is 42.9 Å². The molecule has 5 atom stereocenters. The molecule has 1 fully saturated rings. The first kappa shape index (κ1) is 26.2. The van der Waals surface area contributed by atoms with Crippen LogP contribution in [0.1, 0.15) is 27.7 Å².